The van der Waals surface area contributed by atoms with Gasteiger partial charge in [-0.25, -0.2) is 4.99 Å². The molecule has 0 bridgehead atoms. The molecule has 152 valence electrons. The van der Waals surface area contributed by atoms with Crippen molar-refractivity contribution >= 4 is 36.9 Å². The molecule has 0 atom stereocenters. The zero-order valence-electron chi connectivity index (χ0n) is 16.2. The topological polar surface area (TPSA) is 50.5 Å². The van der Waals surface area contributed by atoms with Gasteiger partial charge in [0.1, 0.15) is 0 Å². The van der Waals surface area contributed by atoms with E-state index in [0.717, 1.165) is 22.8 Å². The van der Waals surface area contributed by atoms with Gasteiger partial charge in [0.05, 0.1) is 23.1 Å². The van der Waals surface area contributed by atoms with E-state index in [9.17, 15) is 0 Å². The third-order valence-electron chi connectivity index (χ3n) is 3.67. The Morgan fingerprint density at radius 1 is 0.767 bits per heavy atom. The number of hydrogen-bond acceptors (Lipinski definition) is 4. The first kappa shape index (κ1) is 23.8. The molecule has 4 aromatic rings. The van der Waals surface area contributed by atoms with Crippen LogP contribution in [0.1, 0.15) is 5.56 Å². The smallest absolute Gasteiger partial charge is 0.0886 e. The summed E-state index contributed by atoms with van der Waals surface area (Å²) in [5.74, 6) is 0. The van der Waals surface area contributed by atoms with Crippen LogP contribution in [-0.2, 0) is 15.6 Å². The van der Waals surface area contributed by atoms with Crippen molar-refractivity contribution in [2.45, 2.75) is 6.92 Å². The van der Waals surface area contributed by atoms with Gasteiger partial charge < -0.3 is 0 Å². The number of rotatable bonds is 3. The van der Waals surface area contributed by atoms with Gasteiger partial charge in [-0.3, -0.25) is 9.97 Å². The summed E-state index contributed by atoms with van der Waals surface area (Å²) in [5, 5.41) is 0. The van der Waals surface area contributed by atoms with Crippen LogP contribution in [0.15, 0.2) is 107 Å². The van der Waals surface area contributed by atoms with E-state index in [-0.39, 0.29) is 0 Å². The number of aliphatic imine (C=N–C) groups is 2. The molecule has 0 aliphatic rings. The summed E-state index contributed by atoms with van der Waals surface area (Å²) in [4.78, 5) is 16.5. The van der Waals surface area contributed by atoms with Crippen LogP contribution in [-0.4, -0.2) is 16.0 Å². The molecular weight excluding hydrogens is 578 g/mol. The standard InChI is InChI=1S/C14H11N2.C10H8N2.HI.Pd/c1-12-7-9-14(10-8-12)16-11-15-13-5-3-2-4-6-13;1-3-7-11-9(5-1)10-6-2-4-8-12-10;;/h2-5,7-10H,1H3;1-8H;1H;/q-1;;;+2/p-1. The number of halogens is 1. The molecule has 0 radical (unpaired) electrons. The van der Waals surface area contributed by atoms with Gasteiger partial charge in [0, 0.05) is 12.4 Å². The maximum absolute atomic E-state index is 4.19. The van der Waals surface area contributed by atoms with E-state index in [1.54, 1.807) is 12.4 Å². The van der Waals surface area contributed by atoms with Gasteiger partial charge in [0.25, 0.3) is 0 Å². The van der Waals surface area contributed by atoms with Gasteiger partial charge in [-0.1, -0.05) is 29.8 Å². The van der Waals surface area contributed by atoms with Crippen LogP contribution in [0.25, 0.3) is 11.4 Å². The number of benzene rings is 2. The molecule has 30 heavy (non-hydrogen) atoms. The number of pyridine rings is 2. The summed E-state index contributed by atoms with van der Waals surface area (Å²) in [5.41, 5.74) is 4.63. The molecule has 0 N–H and O–H groups in total. The maximum atomic E-state index is 4.19. The van der Waals surface area contributed by atoms with Crippen molar-refractivity contribution in [3.63, 3.8) is 0 Å². The maximum Gasteiger partial charge on any atom is 0.0886 e. The molecule has 0 spiro atoms. The van der Waals surface area contributed by atoms with Crippen LogP contribution in [0, 0.1) is 13.0 Å². The van der Waals surface area contributed by atoms with Gasteiger partial charge in [0.15, 0.2) is 0 Å². The Labute approximate surface area is 198 Å². The summed E-state index contributed by atoms with van der Waals surface area (Å²) >= 11 is 4.72. The zero-order chi connectivity index (χ0) is 21.4. The van der Waals surface area contributed by atoms with Gasteiger partial charge in [-0.15, -0.1) is 6.07 Å². The zero-order valence-corrected chi connectivity index (χ0v) is 19.9. The summed E-state index contributed by atoms with van der Waals surface area (Å²) < 4.78 is 0. The van der Waals surface area contributed by atoms with Crippen molar-refractivity contribution in [3.05, 3.63) is 109 Å². The molecule has 0 fully saturated rings. The third kappa shape index (κ3) is 8.90. The predicted octanol–water partition coefficient (Wildman–Crippen LogP) is 6.96. The summed E-state index contributed by atoms with van der Waals surface area (Å²) in [6, 6.07) is 32.6. The Bertz CT molecular complexity index is 997. The Morgan fingerprint density at radius 2 is 1.37 bits per heavy atom. The second-order valence-corrected chi connectivity index (χ2v) is 5.84. The van der Waals surface area contributed by atoms with E-state index < -0.39 is 0 Å². The molecule has 2 aromatic heterocycles. The van der Waals surface area contributed by atoms with Gasteiger partial charge >= 0.3 is 35.1 Å². The first-order chi connectivity index (χ1) is 14.8. The summed E-state index contributed by atoms with van der Waals surface area (Å²) in [6.45, 7) is 2.04. The Balaban J connectivity index is 0.000000204. The SMILES string of the molecule is Cc1ccc(N=C=Nc2[c-]cccc2)cc1.[Pd+][I].c1ccc(-c2ccccn2)nc1. The molecule has 0 aliphatic carbocycles. The summed E-state index contributed by atoms with van der Waals surface area (Å²) in [6.07, 6.45) is 3.54. The van der Waals surface area contributed by atoms with Crippen molar-refractivity contribution in [1.82, 2.24) is 9.97 Å². The molecule has 2 aromatic carbocycles. The summed E-state index contributed by atoms with van der Waals surface area (Å²) in [7, 11) is 0. The average molecular weight is 597 g/mol. The molecule has 2 heterocycles. The van der Waals surface area contributed by atoms with Crippen LogP contribution < -0.4 is 0 Å². The number of nitrogens with zero attached hydrogens (tertiary/aromatic N) is 4. The molecule has 4 rings (SSSR count). The number of aryl methyl sites for hydroxylation is 1. The van der Waals surface area contributed by atoms with Crippen molar-refractivity contribution < 1.29 is 15.6 Å². The number of hydrogen-bond donors (Lipinski definition) is 0. The van der Waals surface area contributed by atoms with Gasteiger partial charge in [-0.2, -0.15) is 29.3 Å². The fourth-order valence-electron chi connectivity index (χ4n) is 2.24. The molecule has 4 nitrogen and oxygen atoms in total. The quantitative estimate of drug-likeness (QED) is 0.111. The average Bonchev–Trinajstić information content (AvgIpc) is 2.84. The van der Waals surface area contributed by atoms with Gasteiger partial charge in [-0.05, 0) is 49.0 Å². The second-order valence-electron chi connectivity index (χ2n) is 5.84. The second kappa shape index (κ2) is 14.5. The minimum absolute atomic E-state index is 0.735. The van der Waals surface area contributed by atoms with Gasteiger partial charge in [0.2, 0.25) is 0 Å². The molecule has 0 amide bonds. The van der Waals surface area contributed by atoms with Crippen LogP contribution >= 0.6 is 19.5 Å². The molecule has 0 saturated carbocycles. The van der Waals surface area contributed by atoms with E-state index in [1.807, 2.05) is 111 Å². The largest absolute Gasteiger partial charge is 0.255 e. The molecule has 0 saturated heterocycles. The van der Waals surface area contributed by atoms with Crippen molar-refractivity contribution in [1.29, 1.82) is 0 Å². The van der Waals surface area contributed by atoms with E-state index in [4.69, 9.17) is 0 Å². The van der Waals surface area contributed by atoms with Crippen LogP contribution in [0.4, 0.5) is 11.4 Å². The fourth-order valence-corrected chi connectivity index (χ4v) is 2.24. The molecule has 0 unspecified atom stereocenters. The van der Waals surface area contributed by atoms with Crippen LogP contribution in [0.3, 0.4) is 0 Å². The minimum atomic E-state index is 0.735. The normalized spacial score (nSPS) is 9.07. The fraction of sp³-hybridized carbons (Fsp3) is 0.0417. The molecular formula is C24H19IN4Pd. The van der Waals surface area contributed by atoms with Crippen LogP contribution in [0.5, 0.6) is 0 Å². The Morgan fingerprint density at radius 3 is 1.87 bits per heavy atom. The Kier molecular flexibility index (Phi) is 11.5. The van der Waals surface area contributed by atoms with Crippen LogP contribution in [0.2, 0.25) is 0 Å². The predicted molar refractivity (Wildman–Crippen MR) is 127 cm³/mol. The first-order valence-corrected chi connectivity index (χ1v) is 13.6. The third-order valence-corrected chi connectivity index (χ3v) is 3.67. The Hall–Kier alpha value is -2.49. The number of para-hydroxylation sites is 1. The van der Waals surface area contributed by atoms with E-state index in [0.29, 0.717) is 0 Å². The van der Waals surface area contributed by atoms with Crippen molar-refractivity contribution in [2.24, 2.45) is 9.98 Å². The molecule has 6 heteroatoms. The van der Waals surface area contributed by atoms with E-state index in [1.165, 1.54) is 5.56 Å². The van der Waals surface area contributed by atoms with Crippen molar-refractivity contribution in [2.75, 3.05) is 0 Å². The minimum Gasteiger partial charge on any atom is -0.255 e. The monoisotopic (exact) mass is 596 g/mol. The molecule has 0 aliphatic heterocycles. The van der Waals surface area contributed by atoms with E-state index in [2.05, 4.69) is 47.6 Å². The first-order valence-electron chi connectivity index (χ1n) is 8.95. The van der Waals surface area contributed by atoms with E-state index >= 15 is 0 Å². The number of aromatic nitrogens is 2. The van der Waals surface area contributed by atoms with Crippen molar-refractivity contribution in [3.8, 4) is 11.4 Å².